The van der Waals surface area contributed by atoms with Gasteiger partial charge in [-0.3, -0.25) is 4.90 Å². The van der Waals surface area contributed by atoms with Crippen molar-refractivity contribution in [2.24, 2.45) is 11.3 Å². The van der Waals surface area contributed by atoms with Gasteiger partial charge in [0, 0.05) is 31.7 Å². The fraction of sp³-hybridized carbons (Fsp3) is 0.882. The van der Waals surface area contributed by atoms with Gasteiger partial charge < -0.3 is 10.1 Å². The first-order valence-corrected chi connectivity index (χ1v) is 7.91. The van der Waals surface area contributed by atoms with Crippen molar-refractivity contribution in [1.82, 2.24) is 10.2 Å². The molecule has 0 aromatic rings. The summed E-state index contributed by atoms with van der Waals surface area (Å²) in [4.78, 5) is 2.61. The molecule has 3 nitrogen and oxygen atoms in total. The number of piperazine rings is 1. The molecule has 1 aliphatic heterocycles. The maximum absolute atomic E-state index is 5.69. The van der Waals surface area contributed by atoms with Gasteiger partial charge in [0.15, 0.2) is 0 Å². The van der Waals surface area contributed by atoms with Gasteiger partial charge in [0.05, 0.1) is 13.2 Å². The molecule has 0 aromatic heterocycles. The summed E-state index contributed by atoms with van der Waals surface area (Å²) in [5.74, 6) is 0.671. The van der Waals surface area contributed by atoms with Crippen LogP contribution in [0.25, 0.3) is 0 Å². The van der Waals surface area contributed by atoms with Crippen molar-refractivity contribution in [2.75, 3.05) is 32.8 Å². The molecule has 0 amide bonds. The molecule has 0 bridgehead atoms. The van der Waals surface area contributed by atoms with E-state index in [1.807, 2.05) is 6.92 Å². The summed E-state index contributed by atoms with van der Waals surface area (Å²) in [6.07, 6.45) is 0. The normalized spacial score (nSPS) is 25.1. The SMILES string of the molecule is C=C(C)COCCN1CC(C(C)(C)C)NCC1C(C)C. The topological polar surface area (TPSA) is 24.5 Å². The van der Waals surface area contributed by atoms with Crippen LogP contribution >= 0.6 is 0 Å². The van der Waals surface area contributed by atoms with Gasteiger partial charge in [-0.25, -0.2) is 0 Å². The van der Waals surface area contributed by atoms with Crippen LogP contribution in [0.15, 0.2) is 12.2 Å². The molecule has 1 N–H and O–H groups in total. The number of nitrogens with zero attached hydrogens (tertiary/aromatic N) is 1. The smallest absolute Gasteiger partial charge is 0.0672 e. The molecular weight excluding hydrogens is 248 g/mol. The molecular formula is C17H34N2O. The number of rotatable bonds is 6. The van der Waals surface area contributed by atoms with Crippen LogP contribution in [0, 0.1) is 11.3 Å². The van der Waals surface area contributed by atoms with Gasteiger partial charge in [0.2, 0.25) is 0 Å². The third-order valence-electron chi connectivity index (χ3n) is 4.15. The van der Waals surface area contributed by atoms with Crippen molar-refractivity contribution in [3.63, 3.8) is 0 Å². The Kier molecular flexibility index (Phi) is 6.70. The van der Waals surface area contributed by atoms with Gasteiger partial charge in [-0.15, -0.1) is 0 Å². The maximum atomic E-state index is 5.69. The minimum atomic E-state index is 0.304. The minimum absolute atomic E-state index is 0.304. The zero-order chi connectivity index (χ0) is 15.3. The standard InChI is InChI=1S/C17H34N2O/c1-13(2)12-20-9-8-19-11-16(17(5,6)7)18-10-15(19)14(3)4/h14-16,18H,1,8-12H2,2-7H3. The molecule has 3 heteroatoms. The van der Waals surface area contributed by atoms with Gasteiger partial charge in [-0.1, -0.05) is 46.8 Å². The molecule has 2 atom stereocenters. The Morgan fingerprint density at radius 1 is 1.40 bits per heavy atom. The molecule has 0 aliphatic carbocycles. The lowest BCUT2D eigenvalue weighted by Crippen LogP contribution is -2.62. The molecule has 1 fully saturated rings. The van der Waals surface area contributed by atoms with Crippen molar-refractivity contribution in [3.05, 3.63) is 12.2 Å². The van der Waals surface area contributed by atoms with Crippen molar-refractivity contribution in [2.45, 2.75) is 53.6 Å². The van der Waals surface area contributed by atoms with Crippen LogP contribution in [0.2, 0.25) is 0 Å². The van der Waals surface area contributed by atoms with Gasteiger partial charge in [0.25, 0.3) is 0 Å². The van der Waals surface area contributed by atoms with Crippen LogP contribution in [0.3, 0.4) is 0 Å². The molecule has 0 spiro atoms. The summed E-state index contributed by atoms with van der Waals surface area (Å²) in [6.45, 7) is 22.2. The lowest BCUT2D eigenvalue weighted by atomic mass is 9.83. The summed E-state index contributed by atoms with van der Waals surface area (Å²) in [7, 11) is 0. The molecule has 118 valence electrons. The Hall–Kier alpha value is -0.380. The first-order valence-electron chi connectivity index (χ1n) is 7.91. The Labute approximate surface area is 125 Å². The Bertz CT molecular complexity index is 307. The number of ether oxygens (including phenoxy) is 1. The highest BCUT2D eigenvalue weighted by atomic mass is 16.5. The van der Waals surface area contributed by atoms with E-state index < -0.39 is 0 Å². The number of nitrogens with one attached hydrogen (secondary N) is 1. The summed E-state index contributed by atoms with van der Waals surface area (Å²) in [5.41, 5.74) is 1.40. The van der Waals surface area contributed by atoms with E-state index in [0.29, 0.717) is 30.0 Å². The first kappa shape index (κ1) is 17.7. The third kappa shape index (κ3) is 5.55. The quantitative estimate of drug-likeness (QED) is 0.599. The summed E-state index contributed by atoms with van der Waals surface area (Å²) in [5, 5.41) is 3.73. The predicted molar refractivity (Wildman–Crippen MR) is 87.1 cm³/mol. The molecule has 1 rings (SSSR count). The Balaban J connectivity index is 2.53. The van der Waals surface area contributed by atoms with Crippen LogP contribution in [-0.4, -0.2) is 49.8 Å². The predicted octanol–water partition coefficient (Wildman–Crippen LogP) is 2.92. The van der Waals surface area contributed by atoms with E-state index in [9.17, 15) is 0 Å². The average Bonchev–Trinajstić information content (AvgIpc) is 2.32. The molecule has 1 heterocycles. The second kappa shape index (κ2) is 7.58. The van der Waals surface area contributed by atoms with Crippen LogP contribution in [0.5, 0.6) is 0 Å². The van der Waals surface area contributed by atoms with E-state index in [1.54, 1.807) is 0 Å². The minimum Gasteiger partial charge on any atom is -0.376 e. The van der Waals surface area contributed by atoms with Crippen molar-refractivity contribution >= 4 is 0 Å². The second-order valence-corrected chi connectivity index (χ2v) is 7.64. The zero-order valence-electron chi connectivity index (χ0n) is 14.3. The van der Waals surface area contributed by atoms with E-state index in [-0.39, 0.29) is 0 Å². The fourth-order valence-corrected chi connectivity index (χ4v) is 2.75. The molecule has 2 unspecified atom stereocenters. The van der Waals surface area contributed by atoms with Crippen LogP contribution in [-0.2, 0) is 4.74 Å². The van der Waals surface area contributed by atoms with Crippen LogP contribution in [0.4, 0.5) is 0 Å². The largest absolute Gasteiger partial charge is 0.376 e. The van der Waals surface area contributed by atoms with E-state index in [2.05, 4.69) is 51.4 Å². The van der Waals surface area contributed by atoms with Gasteiger partial charge in [0.1, 0.15) is 0 Å². The highest BCUT2D eigenvalue weighted by Crippen LogP contribution is 2.25. The Morgan fingerprint density at radius 2 is 2.05 bits per heavy atom. The highest BCUT2D eigenvalue weighted by Gasteiger charge is 2.34. The molecule has 0 aromatic carbocycles. The summed E-state index contributed by atoms with van der Waals surface area (Å²) in [6, 6.07) is 1.17. The van der Waals surface area contributed by atoms with Gasteiger partial charge in [-0.05, 0) is 18.3 Å². The lowest BCUT2D eigenvalue weighted by Gasteiger charge is -2.46. The van der Waals surface area contributed by atoms with E-state index in [0.717, 1.165) is 31.8 Å². The Morgan fingerprint density at radius 3 is 2.55 bits per heavy atom. The molecule has 1 saturated heterocycles. The van der Waals surface area contributed by atoms with Crippen LogP contribution < -0.4 is 5.32 Å². The molecule has 0 saturated carbocycles. The van der Waals surface area contributed by atoms with Gasteiger partial charge >= 0.3 is 0 Å². The average molecular weight is 282 g/mol. The molecule has 1 aliphatic rings. The summed E-state index contributed by atoms with van der Waals surface area (Å²) < 4.78 is 5.69. The van der Waals surface area contributed by atoms with E-state index in [1.165, 1.54) is 0 Å². The molecule has 20 heavy (non-hydrogen) atoms. The third-order valence-corrected chi connectivity index (χ3v) is 4.15. The fourth-order valence-electron chi connectivity index (χ4n) is 2.75. The van der Waals surface area contributed by atoms with Crippen molar-refractivity contribution < 1.29 is 4.74 Å². The van der Waals surface area contributed by atoms with Crippen LogP contribution in [0.1, 0.15) is 41.5 Å². The zero-order valence-corrected chi connectivity index (χ0v) is 14.3. The van der Waals surface area contributed by atoms with Crippen molar-refractivity contribution in [1.29, 1.82) is 0 Å². The van der Waals surface area contributed by atoms with E-state index >= 15 is 0 Å². The van der Waals surface area contributed by atoms with E-state index in [4.69, 9.17) is 4.74 Å². The van der Waals surface area contributed by atoms with Crippen molar-refractivity contribution in [3.8, 4) is 0 Å². The number of hydrogen-bond donors (Lipinski definition) is 1. The first-order chi connectivity index (χ1) is 9.21. The monoisotopic (exact) mass is 282 g/mol. The lowest BCUT2D eigenvalue weighted by molar-refractivity contribution is 0.0356. The maximum Gasteiger partial charge on any atom is 0.0672 e. The summed E-state index contributed by atoms with van der Waals surface area (Å²) >= 11 is 0. The number of hydrogen-bond acceptors (Lipinski definition) is 3. The highest BCUT2D eigenvalue weighted by molar-refractivity contribution is 4.93. The van der Waals surface area contributed by atoms with Gasteiger partial charge in [-0.2, -0.15) is 0 Å². The molecule has 0 radical (unpaired) electrons. The second-order valence-electron chi connectivity index (χ2n) is 7.64.